The maximum Gasteiger partial charge on any atom is 0.693 e. The Kier molecular flexibility index (Phi) is 4.42. The molecule has 88 valence electrons. The van der Waals surface area contributed by atoms with Gasteiger partial charge in [-0.25, -0.2) is 4.52 Å². The van der Waals surface area contributed by atoms with Crippen molar-refractivity contribution in [3.05, 3.63) is 30.3 Å². The zero-order valence-electron chi connectivity index (χ0n) is 10.0. The monoisotopic (exact) mass is 242 g/mol. The first-order valence-corrected chi connectivity index (χ1v) is 6.12. The number of para-hydroxylation sites is 1. The highest BCUT2D eigenvalue weighted by Crippen LogP contribution is 2.36. The van der Waals surface area contributed by atoms with Crippen molar-refractivity contribution in [3.8, 4) is 5.75 Å². The molecule has 0 saturated carbocycles. The number of hydrogen-bond donors (Lipinski definition) is 0. The standard InChI is InChI=1S/C11H17NO3P/c1-11(2,3)12(14-4)16(13)15-10-8-6-5-7-9-10/h5-9H,1-4H3/q+1. The highest BCUT2D eigenvalue weighted by atomic mass is 31.1. The smallest absolute Gasteiger partial charge is 0.259 e. The lowest BCUT2D eigenvalue weighted by molar-refractivity contribution is -0.112. The van der Waals surface area contributed by atoms with Crippen LogP contribution in [-0.2, 0) is 9.40 Å². The lowest BCUT2D eigenvalue weighted by Gasteiger charge is -2.20. The fraction of sp³-hybridized carbons (Fsp3) is 0.455. The summed E-state index contributed by atoms with van der Waals surface area (Å²) in [7, 11) is -0.568. The van der Waals surface area contributed by atoms with E-state index < -0.39 is 8.18 Å². The van der Waals surface area contributed by atoms with Gasteiger partial charge in [0.25, 0.3) is 0 Å². The first kappa shape index (κ1) is 13.1. The van der Waals surface area contributed by atoms with E-state index in [0.29, 0.717) is 5.75 Å². The Balaban J connectivity index is 2.71. The Hall–Kier alpha value is -0.960. The van der Waals surface area contributed by atoms with E-state index in [1.165, 1.54) is 11.9 Å². The molecule has 1 unspecified atom stereocenters. The average Bonchev–Trinajstić information content (AvgIpc) is 2.17. The highest BCUT2D eigenvalue weighted by molar-refractivity contribution is 7.36. The van der Waals surface area contributed by atoms with Crippen molar-refractivity contribution in [1.29, 1.82) is 0 Å². The molecule has 0 N–H and O–H groups in total. The molecule has 0 aromatic heterocycles. The predicted molar refractivity (Wildman–Crippen MR) is 63.3 cm³/mol. The minimum Gasteiger partial charge on any atom is -0.259 e. The summed E-state index contributed by atoms with van der Waals surface area (Å²) in [5, 5.41) is 0. The summed E-state index contributed by atoms with van der Waals surface area (Å²) in [5.41, 5.74) is -0.378. The van der Waals surface area contributed by atoms with Crippen LogP contribution in [0.15, 0.2) is 30.3 Å². The molecule has 0 amide bonds. The number of nitrogens with zero attached hydrogens (tertiary/aromatic N) is 1. The van der Waals surface area contributed by atoms with Crippen molar-refractivity contribution in [1.82, 2.24) is 4.83 Å². The van der Waals surface area contributed by atoms with E-state index in [4.69, 9.17) is 9.36 Å². The van der Waals surface area contributed by atoms with Gasteiger partial charge in [-0.3, -0.25) is 4.84 Å². The first-order chi connectivity index (χ1) is 7.45. The fourth-order valence-electron chi connectivity index (χ4n) is 1.19. The second-order valence-corrected chi connectivity index (χ2v) is 5.29. The summed E-state index contributed by atoms with van der Waals surface area (Å²) in [5.74, 6) is 0.565. The molecule has 5 heteroatoms. The summed E-state index contributed by atoms with van der Waals surface area (Å²) < 4.78 is 17.2. The number of benzene rings is 1. The van der Waals surface area contributed by atoms with E-state index >= 15 is 0 Å². The molecule has 0 fully saturated rings. The van der Waals surface area contributed by atoms with Crippen molar-refractivity contribution in [3.63, 3.8) is 0 Å². The zero-order valence-corrected chi connectivity index (χ0v) is 10.9. The summed E-state index contributed by atoms with van der Waals surface area (Å²) in [6.45, 7) is 5.70. The van der Waals surface area contributed by atoms with Crippen molar-refractivity contribution in [2.75, 3.05) is 7.11 Å². The van der Waals surface area contributed by atoms with Crippen LogP contribution in [0.5, 0.6) is 5.75 Å². The van der Waals surface area contributed by atoms with Crippen LogP contribution in [0.2, 0.25) is 0 Å². The molecular formula is C11H17NO3P+. The second kappa shape index (κ2) is 5.39. The summed E-state index contributed by atoms with van der Waals surface area (Å²) >= 11 is 0. The van der Waals surface area contributed by atoms with Gasteiger partial charge in [0.15, 0.2) is 5.75 Å². The quantitative estimate of drug-likeness (QED) is 0.599. The number of hydroxylamine groups is 1. The van der Waals surface area contributed by atoms with Gasteiger partial charge in [0, 0.05) is 4.57 Å². The maximum absolute atomic E-state index is 11.9. The molecule has 16 heavy (non-hydrogen) atoms. The number of hydrogen-bond acceptors (Lipinski definition) is 3. The maximum atomic E-state index is 11.9. The van der Waals surface area contributed by atoms with Crippen LogP contribution in [0.25, 0.3) is 0 Å². The molecule has 0 radical (unpaired) electrons. The Labute approximate surface area is 97.0 Å². The molecule has 1 atom stereocenters. The molecule has 1 aromatic carbocycles. The largest absolute Gasteiger partial charge is 0.693 e. The minimum absolute atomic E-state index is 0.378. The molecule has 0 aliphatic carbocycles. The third-order valence-corrected chi connectivity index (χ3v) is 3.25. The normalized spacial score (nSPS) is 12.7. The van der Waals surface area contributed by atoms with Gasteiger partial charge in [-0.05, 0) is 32.9 Å². The molecule has 0 heterocycles. The first-order valence-electron chi connectivity index (χ1n) is 4.99. The summed E-state index contributed by atoms with van der Waals surface area (Å²) in [6.07, 6.45) is 0. The summed E-state index contributed by atoms with van der Waals surface area (Å²) in [6, 6.07) is 9.03. The Morgan fingerprint density at radius 1 is 1.19 bits per heavy atom. The van der Waals surface area contributed by atoms with Crippen molar-refractivity contribution in [2.45, 2.75) is 26.3 Å². The molecule has 0 aliphatic heterocycles. The highest BCUT2D eigenvalue weighted by Gasteiger charge is 2.42. The van der Waals surface area contributed by atoms with Gasteiger partial charge in [-0.1, -0.05) is 18.2 Å². The molecule has 4 nitrogen and oxygen atoms in total. The van der Waals surface area contributed by atoms with Crippen LogP contribution in [0.4, 0.5) is 0 Å². The van der Waals surface area contributed by atoms with Crippen LogP contribution in [0, 0.1) is 0 Å². The molecule has 0 saturated heterocycles. The molecule has 1 rings (SSSR count). The van der Waals surface area contributed by atoms with E-state index in [0.717, 1.165) is 0 Å². The Morgan fingerprint density at radius 2 is 1.75 bits per heavy atom. The van der Waals surface area contributed by atoms with Gasteiger partial charge in [-0.15, -0.1) is 0 Å². The van der Waals surface area contributed by atoms with Crippen molar-refractivity contribution < 1.29 is 13.9 Å². The van der Waals surface area contributed by atoms with E-state index in [9.17, 15) is 4.57 Å². The Bertz CT molecular complexity index is 348. The van der Waals surface area contributed by atoms with Crippen LogP contribution in [0.1, 0.15) is 20.8 Å². The van der Waals surface area contributed by atoms with Gasteiger partial charge in [0.2, 0.25) is 0 Å². The zero-order chi connectivity index (χ0) is 12.2. The van der Waals surface area contributed by atoms with Gasteiger partial charge >= 0.3 is 8.18 Å². The van der Waals surface area contributed by atoms with E-state index in [2.05, 4.69) is 0 Å². The van der Waals surface area contributed by atoms with Crippen LogP contribution in [-0.4, -0.2) is 17.5 Å². The second-order valence-electron chi connectivity index (χ2n) is 4.27. The van der Waals surface area contributed by atoms with Crippen molar-refractivity contribution >= 4 is 8.18 Å². The molecule has 0 aliphatic rings. The third kappa shape index (κ3) is 3.56. The average molecular weight is 242 g/mol. The van der Waals surface area contributed by atoms with E-state index in [1.807, 2.05) is 39.0 Å². The van der Waals surface area contributed by atoms with Gasteiger partial charge in [0.05, 0.1) is 17.5 Å². The van der Waals surface area contributed by atoms with E-state index in [1.54, 1.807) is 12.1 Å². The molecule has 0 spiro atoms. The van der Waals surface area contributed by atoms with Crippen LogP contribution >= 0.6 is 8.18 Å². The summed E-state index contributed by atoms with van der Waals surface area (Å²) in [4.78, 5) is 6.42. The third-order valence-electron chi connectivity index (χ3n) is 1.82. The SMILES string of the molecule is CON([P+](=O)Oc1ccccc1)C(C)(C)C. The van der Waals surface area contributed by atoms with Gasteiger partial charge in [0.1, 0.15) is 0 Å². The van der Waals surface area contributed by atoms with Crippen LogP contribution in [0.3, 0.4) is 0 Å². The van der Waals surface area contributed by atoms with Gasteiger partial charge in [-0.2, -0.15) is 0 Å². The number of rotatable bonds is 4. The predicted octanol–water partition coefficient (Wildman–Crippen LogP) is 3.38. The fourth-order valence-corrected chi connectivity index (χ4v) is 2.19. The van der Waals surface area contributed by atoms with E-state index in [-0.39, 0.29) is 5.54 Å². The lowest BCUT2D eigenvalue weighted by Crippen LogP contribution is -2.35. The van der Waals surface area contributed by atoms with Crippen molar-refractivity contribution in [2.24, 2.45) is 0 Å². The van der Waals surface area contributed by atoms with Crippen LogP contribution < -0.4 is 4.52 Å². The molecular weight excluding hydrogens is 225 g/mol. The molecule has 1 aromatic rings. The molecule has 0 bridgehead atoms. The minimum atomic E-state index is -2.05. The lowest BCUT2D eigenvalue weighted by atomic mass is 10.1. The Morgan fingerprint density at radius 3 is 2.19 bits per heavy atom. The van der Waals surface area contributed by atoms with Gasteiger partial charge < -0.3 is 0 Å². The topological polar surface area (TPSA) is 38.8 Å².